The van der Waals surface area contributed by atoms with Crippen molar-refractivity contribution in [1.29, 1.82) is 0 Å². The molecule has 0 aromatic heterocycles. The molecule has 1 heterocycles. The minimum atomic E-state index is -4.26. The van der Waals surface area contributed by atoms with E-state index < -0.39 is 11.7 Å². The lowest BCUT2D eigenvalue weighted by molar-refractivity contribution is -0.137. The monoisotopic (exact) mass is 257 g/mol. The molecule has 1 aliphatic heterocycles. The van der Waals surface area contributed by atoms with Crippen LogP contribution in [-0.4, -0.2) is 12.1 Å². The lowest BCUT2D eigenvalue weighted by atomic mass is 9.73. The van der Waals surface area contributed by atoms with Crippen LogP contribution in [0.1, 0.15) is 31.4 Å². The summed E-state index contributed by atoms with van der Waals surface area (Å²) < 4.78 is 37.9. The zero-order valence-corrected chi connectivity index (χ0v) is 10.6. The molecule has 1 unspecified atom stereocenters. The summed E-state index contributed by atoms with van der Waals surface area (Å²) in [6.07, 6.45) is -2.57. The van der Waals surface area contributed by atoms with Crippen LogP contribution in [0.25, 0.3) is 0 Å². The largest absolute Gasteiger partial charge is 0.416 e. The summed E-state index contributed by atoms with van der Waals surface area (Å²) in [5, 5.41) is 3.38. The van der Waals surface area contributed by atoms with Crippen LogP contribution in [0.4, 0.5) is 13.2 Å². The van der Waals surface area contributed by atoms with Gasteiger partial charge in [0.2, 0.25) is 0 Å². The normalized spacial score (nSPS) is 24.1. The summed E-state index contributed by atoms with van der Waals surface area (Å²) in [6.45, 7) is 5.18. The Morgan fingerprint density at radius 1 is 1.33 bits per heavy atom. The molecule has 1 aromatic rings. The number of nitrogens with one attached hydrogen (secondary N) is 1. The third-order valence-electron chi connectivity index (χ3n) is 3.93. The zero-order chi connectivity index (χ0) is 13.4. The highest BCUT2D eigenvalue weighted by Crippen LogP contribution is 2.34. The molecule has 1 aromatic carbocycles. The molecule has 1 aliphatic rings. The summed E-state index contributed by atoms with van der Waals surface area (Å²) in [5.74, 6) is 0.417. The van der Waals surface area contributed by atoms with Gasteiger partial charge in [-0.15, -0.1) is 0 Å². The van der Waals surface area contributed by atoms with Gasteiger partial charge in [0, 0.05) is 5.54 Å². The van der Waals surface area contributed by atoms with Gasteiger partial charge in [-0.05, 0) is 36.9 Å². The average molecular weight is 257 g/mol. The van der Waals surface area contributed by atoms with Crippen molar-refractivity contribution in [2.75, 3.05) is 6.54 Å². The first kappa shape index (κ1) is 13.4. The van der Waals surface area contributed by atoms with Crippen LogP contribution in [0, 0.1) is 5.92 Å². The van der Waals surface area contributed by atoms with Crippen LogP contribution in [0.15, 0.2) is 24.3 Å². The molecule has 0 aliphatic carbocycles. The molecule has 18 heavy (non-hydrogen) atoms. The predicted octanol–water partition coefficient (Wildman–Crippen LogP) is 3.64. The van der Waals surface area contributed by atoms with Crippen molar-refractivity contribution >= 4 is 0 Å². The lowest BCUT2D eigenvalue weighted by Crippen LogP contribution is -2.61. The quantitative estimate of drug-likeness (QED) is 0.871. The predicted molar refractivity (Wildman–Crippen MR) is 65.3 cm³/mol. The maximum atomic E-state index is 12.6. The van der Waals surface area contributed by atoms with Crippen LogP contribution in [-0.2, 0) is 12.6 Å². The standard InChI is InChI=1S/C14H18F3N/c1-10(2)13(6-7-18-13)9-11-4-3-5-12(8-11)14(15,16)17/h3-5,8,10,18H,6-7,9H2,1-2H3. The van der Waals surface area contributed by atoms with Crippen molar-refractivity contribution in [1.82, 2.24) is 5.32 Å². The van der Waals surface area contributed by atoms with Gasteiger partial charge in [-0.2, -0.15) is 13.2 Å². The summed E-state index contributed by atoms with van der Waals surface area (Å²) in [6, 6.07) is 5.66. The first-order chi connectivity index (χ1) is 8.33. The summed E-state index contributed by atoms with van der Waals surface area (Å²) in [7, 11) is 0. The van der Waals surface area contributed by atoms with Crippen LogP contribution in [0.2, 0.25) is 0 Å². The molecule has 100 valence electrons. The van der Waals surface area contributed by atoms with Crippen molar-refractivity contribution in [2.24, 2.45) is 5.92 Å². The lowest BCUT2D eigenvalue weighted by Gasteiger charge is -2.47. The van der Waals surface area contributed by atoms with Gasteiger partial charge in [-0.25, -0.2) is 0 Å². The van der Waals surface area contributed by atoms with Crippen LogP contribution < -0.4 is 5.32 Å². The fourth-order valence-electron chi connectivity index (χ4n) is 2.52. The van der Waals surface area contributed by atoms with E-state index in [0.29, 0.717) is 12.3 Å². The number of rotatable bonds is 3. The molecule has 4 heteroatoms. The molecule has 0 saturated carbocycles. The Kier molecular flexibility index (Phi) is 3.41. The Balaban J connectivity index is 2.19. The van der Waals surface area contributed by atoms with E-state index in [1.54, 1.807) is 6.07 Å². The Morgan fingerprint density at radius 2 is 2.00 bits per heavy atom. The SMILES string of the molecule is CC(C)C1(Cc2cccc(C(F)(F)F)c2)CCN1. The smallest absolute Gasteiger partial charge is 0.311 e. The third kappa shape index (κ3) is 2.53. The fourth-order valence-corrected chi connectivity index (χ4v) is 2.52. The summed E-state index contributed by atoms with van der Waals surface area (Å²) >= 11 is 0. The van der Waals surface area contributed by atoms with Gasteiger partial charge in [0.25, 0.3) is 0 Å². The number of halogens is 3. The number of benzene rings is 1. The van der Waals surface area contributed by atoms with E-state index in [2.05, 4.69) is 19.2 Å². The van der Waals surface area contributed by atoms with Gasteiger partial charge in [0.1, 0.15) is 0 Å². The van der Waals surface area contributed by atoms with Gasteiger partial charge in [-0.1, -0.05) is 32.0 Å². The maximum absolute atomic E-state index is 12.6. The fraction of sp³-hybridized carbons (Fsp3) is 0.571. The van der Waals surface area contributed by atoms with Crippen molar-refractivity contribution < 1.29 is 13.2 Å². The molecule has 0 amide bonds. The highest BCUT2D eigenvalue weighted by atomic mass is 19.4. The van der Waals surface area contributed by atoms with E-state index >= 15 is 0 Å². The summed E-state index contributed by atoms with van der Waals surface area (Å²) in [4.78, 5) is 0. The third-order valence-corrected chi connectivity index (χ3v) is 3.93. The van der Waals surface area contributed by atoms with E-state index in [1.807, 2.05) is 0 Å². The molecular weight excluding hydrogens is 239 g/mol. The van der Waals surface area contributed by atoms with Gasteiger partial charge in [0.15, 0.2) is 0 Å². The zero-order valence-electron chi connectivity index (χ0n) is 10.6. The average Bonchev–Trinajstić information content (AvgIpc) is 2.22. The number of hydrogen-bond donors (Lipinski definition) is 1. The molecule has 1 fully saturated rings. The van der Waals surface area contributed by atoms with Gasteiger partial charge >= 0.3 is 6.18 Å². The minimum Gasteiger partial charge on any atom is -0.311 e. The molecule has 1 atom stereocenters. The first-order valence-corrected chi connectivity index (χ1v) is 6.25. The number of hydrogen-bond acceptors (Lipinski definition) is 1. The second-order valence-corrected chi connectivity index (χ2v) is 5.36. The Labute approximate surface area is 105 Å². The van der Waals surface area contributed by atoms with E-state index in [4.69, 9.17) is 0 Å². The second-order valence-electron chi connectivity index (χ2n) is 5.36. The van der Waals surface area contributed by atoms with Crippen molar-refractivity contribution in [3.63, 3.8) is 0 Å². The molecular formula is C14H18F3N. The molecule has 2 rings (SSSR count). The van der Waals surface area contributed by atoms with Gasteiger partial charge < -0.3 is 5.32 Å². The van der Waals surface area contributed by atoms with E-state index in [0.717, 1.165) is 24.6 Å². The highest BCUT2D eigenvalue weighted by molar-refractivity contribution is 5.28. The molecule has 1 nitrogen and oxygen atoms in total. The molecule has 0 radical (unpaired) electrons. The van der Waals surface area contributed by atoms with Crippen molar-refractivity contribution in [3.8, 4) is 0 Å². The van der Waals surface area contributed by atoms with E-state index in [1.165, 1.54) is 12.1 Å². The Bertz CT molecular complexity index is 419. The van der Waals surface area contributed by atoms with Crippen LogP contribution in [0.3, 0.4) is 0 Å². The second kappa shape index (κ2) is 4.57. The first-order valence-electron chi connectivity index (χ1n) is 6.25. The maximum Gasteiger partial charge on any atom is 0.416 e. The van der Waals surface area contributed by atoms with E-state index in [-0.39, 0.29) is 5.54 Å². The van der Waals surface area contributed by atoms with Gasteiger partial charge in [-0.3, -0.25) is 0 Å². The molecule has 0 spiro atoms. The van der Waals surface area contributed by atoms with Crippen molar-refractivity contribution in [2.45, 2.75) is 38.4 Å². The van der Waals surface area contributed by atoms with E-state index in [9.17, 15) is 13.2 Å². The highest BCUT2D eigenvalue weighted by Gasteiger charge is 2.39. The Hall–Kier alpha value is -1.03. The number of alkyl halides is 3. The van der Waals surface area contributed by atoms with Crippen LogP contribution >= 0.6 is 0 Å². The topological polar surface area (TPSA) is 12.0 Å². The van der Waals surface area contributed by atoms with Crippen LogP contribution in [0.5, 0.6) is 0 Å². The molecule has 1 saturated heterocycles. The Morgan fingerprint density at radius 3 is 2.44 bits per heavy atom. The minimum absolute atomic E-state index is 0.0236. The molecule has 0 bridgehead atoms. The van der Waals surface area contributed by atoms with Gasteiger partial charge in [0.05, 0.1) is 5.56 Å². The molecule has 1 N–H and O–H groups in total. The summed E-state index contributed by atoms with van der Waals surface area (Å²) in [5.41, 5.74) is 0.175. The van der Waals surface area contributed by atoms with Crippen molar-refractivity contribution in [3.05, 3.63) is 35.4 Å².